The van der Waals surface area contributed by atoms with Crippen LogP contribution < -0.4 is 0 Å². The van der Waals surface area contributed by atoms with Crippen LogP contribution >= 0.6 is 0 Å². The minimum atomic E-state index is -3.24. The molecule has 0 unspecified atom stereocenters. The van der Waals surface area contributed by atoms with Gasteiger partial charge in [-0.3, -0.25) is 0 Å². The summed E-state index contributed by atoms with van der Waals surface area (Å²) in [5.41, 5.74) is 0. The lowest BCUT2D eigenvalue weighted by molar-refractivity contribution is -0.106. The van der Waals surface area contributed by atoms with Gasteiger partial charge < -0.3 is 14.9 Å². The zero-order chi connectivity index (χ0) is 8.65. The van der Waals surface area contributed by atoms with Crippen molar-refractivity contribution >= 4 is 0 Å². The first-order chi connectivity index (χ1) is 5.00. The molecule has 3 atom stereocenters. The summed E-state index contributed by atoms with van der Waals surface area (Å²) in [6, 6.07) is 0. The number of hydrogen-bond acceptors (Lipinski definition) is 3. The number of aliphatic hydroxyl groups excluding tert-OH is 2. The Bertz CT molecular complexity index is 151. The zero-order valence-electron chi connectivity index (χ0n) is 6.00. The summed E-state index contributed by atoms with van der Waals surface area (Å²) in [7, 11) is 0. The highest BCUT2D eigenvalue weighted by Crippen LogP contribution is 2.35. The van der Waals surface area contributed by atoms with E-state index in [0.717, 1.165) is 0 Å². The molecule has 0 radical (unpaired) electrons. The van der Waals surface area contributed by atoms with E-state index >= 15 is 0 Å². The van der Waals surface area contributed by atoms with Crippen LogP contribution in [0.25, 0.3) is 0 Å². The summed E-state index contributed by atoms with van der Waals surface area (Å²) in [4.78, 5) is 0. The van der Waals surface area contributed by atoms with Gasteiger partial charge in [0.2, 0.25) is 0 Å². The molecule has 0 aliphatic carbocycles. The second-order valence-corrected chi connectivity index (χ2v) is 2.62. The first-order valence-electron chi connectivity index (χ1n) is 3.32. The Labute approximate surface area is 62.6 Å². The Balaban J connectivity index is 2.71. The lowest BCUT2D eigenvalue weighted by atomic mass is 10.1. The van der Waals surface area contributed by atoms with Crippen molar-refractivity contribution in [2.75, 3.05) is 6.61 Å². The topological polar surface area (TPSA) is 49.7 Å². The summed E-state index contributed by atoms with van der Waals surface area (Å²) in [6.45, 7) is 0.583. The van der Waals surface area contributed by atoms with Crippen LogP contribution in [0.2, 0.25) is 0 Å². The van der Waals surface area contributed by atoms with Crippen LogP contribution in [0.1, 0.15) is 6.92 Å². The standard InChI is InChI=1S/C6H10F2O3/c1-3-6(7,8)5(10)4(2-9)11-3/h3-5,9-10H,2H2,1H3/t3-,4+,5+/m0/s1. The average molecular weight is 168 g/mol. The van der Waals surface area contributed by atoms with E-state index < -0.39 is 30.8 Å². The summed E-state index contributed by atoms with van der Waals surface area (Å²) in [5, 5.41) is 17.3. The normalized spacial score (nSPS) is 42.8. The molecule has 0 amide bonds. The molecule has 0 aromatic rings. The van der Waals surface area contributed by atoms with Crippen molar-refractivity contribution in [3.05, 3.63) is 0 Å². The van der Waals surface area contributed by atoms with Gasteiger partial charge in [0.05, 0.1) is 6.61 Å². The Morgan fingerprint density at radius 2 is 2.09 bits per heavy atom. The molecule has 1 heterocycles. The van der Waals surface area contributed by atoms with Crippen molar-refractivity contribution in [2.24, 2.45) is 0 Å². The molecule has 1 aliphatic heterocycles. The fourth-order valence-corrected chi connectivity index (χ4v) is 1.06. The van der Waals surface area contributed by atoms with Crippen LogP contribution in [0.15, 0.2) is 0 Å². The van der Waals surface area contributed by atoms with Crippen molar-refractivity contribution < 1.29 is 23.7 Å². The highest BCUT2D eigenvalue weighted by molar-refractivity contribution is 4.94. The number of alkyl halides is 2. The summed E-state index contributed by atoms with van der Waals surface area (Å²) in [6.07, 6.45) is -4.36. The van der Waals surface area contributed by atoms with Crippen molar-refractivity contribution in [1.29, 1.82) is 0 Å². The van der Waals surface area contributed by atoms with E-state index in [1.54, 1.807) is 0 Å². The highest BCUT2D eigenvalue weighted by Gasteiger charge is 2.55. The van der Waals surface area contributed by atoms with Crippen LogP contribution in [0.3, 0.4) is 0 Å². The van der Waals surface area contributed by atoms with Gasteiger partial charge in [-0.1, -0.05) is 0 Å². The molecule has 0 bridgehead atoms. The lowest BCUT2D eigenvalue weighted by Gasteiger charge is -2.15. The van der Waals surface area contributed by atoms with Crippen LogP contribution in [0.4, 0.5) is 8.78 Å². The van der Waals surface area contributed by atoms with Gasteiger partial charge in [-0.25, -0.2) is 8.78 Å². The Morgan fingerprint density at radius 1 is 1.55 bits per heavy atom. The number of hydrogen-bond donors (Lipinski definition) is 2. The predicted octanol–water partition coefficient (Wildman–Crippen LogP) is -0.238. The molecular weight excluding hydrogens is 158 g/mol. The fourth-order valence-electron chi connectivity index (χ4n) is 1.06. The summed E-state index contributed by atoms with van der Waals surface area (Å²) >= 11 is 0. The molecular formula is C6H10F2O3. The fraction of sp³-hybridized carbons (Fsp3) is 1.00. The Morgan fingerprint density at radius 3 is 2.27 bits per heavy atom. The summed E-state index contributed by atoms with van der Waals surface area (Å²) in [5.74, 6) is -3.24. The average Bonchev–Trinajstić information content (AvgIpc) is 2.14. The molecule has 0 spiro atoms. The Hall–Kier alpha value is -0.260. The third kappa shape index (κ3) is 1.23. The quantitative estimate of drug-likeness (QED) is 0.568. The third-order valence-electron chi connectivity index (χ3n) is 1.85. The molecule has 3 nitrogen and oxygen atoms in total. The monoisotopic (exact) mass is 168 g/mol. The van der Waals surface area contributed by atoms with Crippen molar-refractivity contribution in [2.45, 2.75) is 31.2 Å². The van der Waals surface area contributed by atoms with E-state index in [1.165, 1.54) is 6.92 Å². The van der Waals surface area contributed by atoms with Gasteiger partial charge in [-0.05, 0) is 6.92 Å². The van der Waals surface area contributed by atoms with E-state index in [9.17, 15) is 8.78 Å². The number of aliphatic hydroxyl groups is 2. The van der Waals surface area contributed by atoms with Gasteiger partial charge in [-0.2, -0.15) is 0 Å². The first kappa shape index (κ1) is 8.83. The van der Waals surface area contributed by atoms with E-state index in [0.29, 0.717) is 0 Å². The maximum absolute atomic E-state index is 12.7. The highest BCUT2D eigenvalue weighted by atomic mass is 19.3. The lowest BCUT2D eigenvalue weighted by Crippen LogP contribution is -2.39. The molecule has 5 heteroatoms. The molecule has 1 saturated heterocycles. The van der Waals surface area contributed by atoms with Gasteiger partial charge >= 0.3 is 5.92 Å². The predicted molar refractivity (Wildman–Crippen MR) is 32.4 cm³/mol. The van der Waals surface area contributed by atoms with Gasteiger partial charge in [0, 0.05) is 0 Å². The SMILES string of the molecule is C[C@@H]1O[C@H](CO)[C@@H](O)C1(F)F. The van der Waals surface area contributed by atoms with Crippen molar-refractivity contribution in [1.82, 2.24) is 0 Å². The minimum Gasteiger partial charge on any atom is -0.394 e. The van der Waals surface area contributed by atoms with Gasteiger partial charge in [0.15, 0.2) is 0 Å². The summed E-state index contributed by atoms with van der Waals surface area (Å²) < 4.78 is 30.0. The first-order valence-corrected chi connectivity index (χ1v) is 3.32. The molecule has 1 aliphatic rings. The number of halogens is 2. The largest absolute Gasteiger partial charge is 0.394 e. The van der Waals surface area contributed by atoms with Gasteiger partial charge in [0.25, 0.3) is 0 Å². The molecule has 0 aromatic carbocycles. The van der Waals surface area contributed by atoms with Crippen molar-refractivity contribution in [3.63, 3.8) is 0 Å². The van der Waals surface area contributed by atoms with E-state index in [2.05, 4.69) is 4.74 Å². The maximum Gasteiger partial charge on any atom is 0.301 e. The second-order valence-electron chi connectivity index (χ2n) is 2.62. The van der Waals surface area contributed by atoms with Crippen molar-refractivity contribution in [3.8, 4) is 0 Å². The van der Waals surface area contributed by atoms with Crippen LogP contribution in [0, 0.1) is 0 Å². The van der Waals surface area contributed by atoms with Gasteiger partial charge in [0.1, 0.15) is 18.3 Å². The smallest absolute Gasteiger partial charge is 0.301 e. The van der Waals surface area contributed by atoms with E-state index in [1.807, 2.05) is 0 Å². The zero-order valence-corrected chi connectivity index (χ0v) is 6.00. The van der Waals surface area contributed by atoms with E-state index in [4.69, 9.17) is 10.2 Å². The Kier molecular flexibility index (Phi) is 2.13. The molecule has 2 N–H and O–H groups in total. The second kappa shape index (κ2) is 2.66. The third-order valence-corrected chi connectivity index (χ3v) is 1.85. The number of ether oxygens (including phenoxy) is 1. The molecule has 0 aromatic heterocycles. The minimum absolute atomic E-state index is 0.582. The number of rotatable bonds is 1. The molecule has 0 saturated carbocycles. The molecule has 1 fully saturated rings. The van der Waals surface area contributed by atoms with E-state index in [-0.39, 0.29) is 0 Å². The molecule has 1 rings (SSSR count). The van der Waals surface area contributed by atoms with Crippen LogP contribution in [-0.2, 0) is 4.74 Å². The molecule has 11 heavy (non-hydrogen) atoms. The van der Waals surface area contributed by atoms with Gasteiger partial charge in [-0.15, -0.1) is 0 Å². The maximum atomic E-state index is 12.7. The van der Waals surface area contributed by atoms with Crippen LogP contribution in [0.5, 0.6) is 0 Å². The molecule has 66 valence electrons. The van der Waals surface area contributed by atoms with Crippen LogP contribution in [-0.4, -0.2) is 41.1 Å².